The van der Waals surface area contributed by atoms with E-state index >= 15 is 0 Å². The van der Waals surface area contributed by atoms with Crippen LogP contribution >= 0.6 is 0 Å². The molecular weight excluding hydrogens is 278 g/mol. The van der Waals surface area contributed by atoms with Gasteiger partial charge in [-0.3, -0.25) is 0 Å². The first-order chi connectivity index (χ1) is 10.6. The summed E-state index contributed by atoms with van der Waals surface area (Å²) in [6, 6.07) is 8.23. The fraction of sp³-hybridized carbons (Fsp3) is 0.294. The summed E-state index contributed by atoms with van der Waals surface area (Å²) in [5, 5.41) is 10.8. The molecule has 0 saturated heterocycles. The van der Waals surface area contributed by atoms with Gasteiger partial charge in [-0.2, -0.15) is 0 Å². The van der Waals surface area contributed by atoms with Crippen molar-refractivity contribution in [3.05, 3.63) is 60.7 Å². The van der Waals surface area contributed by atoms with Crippen LogP contribution in [0.5, 0.6) is 0 Å². The van der Waals surface area contributed by atoms with Crippen LogP contribution in [0.1, 0.15) is 37.4 Å². The van der Waals surface area contributed by atoms with Gasteiger partial charge < -0.3 is 14.1 Å². The number of oxazole rings is 1. The van der Waals surface area contributed by atoms with Crippen molar-refractivity contribution in [1.82, 2.24) is 14.5 Å². The molecule has 0 fully saturated rings. The summed E-state index contributed by atoms with van der Waals surface area (Å²) in [5.41, 5.74) is 2.92. The molecule has 22 heavy (non-hydrogen) atoms. The van der Waals surface area contributed by atoms with E-state index in [1.54, 1.807) is 6.20 Å². The molecule has 0 spiro atoms. The van der Waals surface area contributed by atoms with Gasteiger partial charge in [0.1, 0.15) is 12.4 Å². The van der Waals surface area contributed by atoms with Crippen molar-refractivity contribution in [2.75, 3.05) is 0 Å². The van der Waals surface area contributed by atoms with Crippen LogP contribution in [-0.2, 0) is 0 Å². The molecule has 0 radical (unpaired) electrons. The van der Waals surface area contributed by atoms with Crippen LogP contribution in [0.2, 0.25) is 0 Å². The fourth-order valence-corrected chi connectivity index (χ4v) is 3.43. The highest BCUT2D eigenvalue weighted by atomic mass is 16.4. The van der Waals surface area contributed by atoms with Gasteiger partial charge in [-0.05, 0) is 5.56 Å². The number of rotatable bonds is 3. The van der Waals surface area contributed by atoms with E-state index in [-0.39, 0.29) is 6.04 Å². The summed E-state index contributed by atoms with van der Waals surface area (Å²) in [7, 11) is 0. The average Bonchev–Trinajstić information content (AvgIpc) is 3.22. The molecule has 5 heteroatoms. The lowest BCUT2D eigenvalue weighted by Crippen LogP contribution is -2.32. The van der Waals surface area contributed by atoms with Crippen LogP contribution in [0.25, 0.3) is 11.3 Å². The summed E-state index contributed by atoms with van der Waals surface area (Å²) in [6.07, 6.45) is 5.92. The highest BCUT2D eigenvalue weighted by Crippen LogP contribution is 2.52. The predicted molar refractivity (Wildman–Crippen MR) is 81.0 cm³/mol. The Morgan fingerprint density at radius 1 is 1.32 bits per heavy atom. The second kappa shape index (κ2) is 4.55. The average molecular weight is 295 g/mol. The lowest BCUT2D eigenvalue weighted by molar-refractivity contribution is 0.00305. The van der Waals surface area contributed by atoms with E-state index in [4.69, 9.17) is 4.42 Å². The second-order valence-corrected chi connectivity index (χ2v) is 6.27. The fourth-order valence-electron chi connectivity index (χ4n) is 3.43. The molecule has 1 aromatic carbocycles. The molecule has 4 rings (SSSR count). The molecule has 0 bridgehead atoms. The van der Waals surface area contributed by atoms with Gasteiger partial charge in [0.25, 0.3) is 0 Å². The zero-order valence-electron chi connectivity index (χ0n) is 12.5. The first kappa shape index (κ1) is 13.3. The number of aliphatic hydroxyl groups is 1. The molecule has 1 aliphatic rings. The highest BCUT2D eigenvalue weighted by Gasteiger charge is 2.45. The zero-order chi connectivity index (χ0) is 15.3. The minimum absolute atomic E-state index is 0.0249. The molecule has 0 aliphatic carbocycles. The van der Waals surface area contributed by atoms with E-state index in [0.29, 0.717) is 5.89 Å². The van der Waals surface area contributed by atoms with Crippen LogP contribution in [-0.4, -0.2) is 19.6 Å². The second-order valence-electron chi connectivity index (χ2n) is 6.27. The van der Waals surface area contributed by atoms with Crippen LogP contribution in [0.15, 0.2) is 53.7 Å². The smallest absolute Gasteiger partial charge is 0.223 e. The Kier molecular flexibility index (Phi) is 2.74. The topological polar surface area (TPSA) is 64.1 Å². The van der Waals surface area contributed by atoms with E-state index in [9.17, 15) is 5.11 Å². The minimum atomic E-state index is -0.811. The molecule has 2 aromatic heterocycles. The molecule has 112 valence electrons. The Balaban J connectivity index is 1.85. The molecule has 5 nitrogen and oxygen atoms in total. The van der Waals surface area contributed by atoms with Gasteiger partial charge in [0.2, 0.25) is 5.89 Å². The van der Waals surface area contributed by atoms with Gasteiger partial charge in [0, 0.05) is 11.0 Å². The Labute approximate surface area is 128 Å². The molecule has 3 aromatic rings. The van der Waals surface area contributed by atoms with E-state index in [2.05, 4.69) is 26.7 Å². The third-order valence-corrected chi connectivity index (χ3v) is 4.57. The molecule has 0 amide bonds. The maximum Gasteiger partial charge on any atom is 0.223 e. The van der Waals surface area contributed by atoms with Crippen LogP contribution in [0.4, 0.5) is 0 Å². The van der Waals surface area contributed by atoms with Crippen LogP contribution in [0.3, 0.4) is 0 Å². The molecule has 0 saturated carbocycles. The third-order valence-electron chi connectivity index (χ3n) is 4.57. The van der Waals surface area contributed by atoms with E-state index in [1.165, 1.54) is 11.8 Å². The first-order valence-corrected chi connectivity index (χ1v) is 7.29. The first-order valence-electron chi connectivity index (χ1n) is 7.29. The van der Waals surface area contributed by atoms with Gasteiger partial charge in [0.15, 0.2) is 0 Å². The Morgan fingerprint density at radius 3 is 2.91 bits per heavy atom. The van der Waals surface area contributed by atoms with Crippen molar-refractivity contribution >= 4 is 0 Å². The summed E-state index contributed by atoms with van der Waals surface area (Å²) in [5.74, 6) is 0.344. The van der Waals surface area contributed by atoms with Crippen molar-refractivity contribution in [1.29, 1.82) is 0 Å². The number of fused-ring (bicyclic) bond motifs is 3. The number of benzene rings is 1. The number of aromatic nitrogens is 3. The zero-order valence-corrected chi connectivity index (χ0v) is 12.5. The molecule has 1 aliphatic heterocycles. The van der Waals surface area contributed by atoms with Gasteiger partial charge >= 0.3 is 0 Å². The van der Waals surface area contributed by atoms with Crippen molar-refractivity contribution in [3.63, 3.8) is 0 Å². The quantitative estimate of drug-likeness (QED) is 0.806. The Bertz CT molecular complexity index is 805. The van der Waals surface area contributed by atoms with Crippen molar-refractivity contribution < 1.29 is 9.52 Å². The monoisotopic (exact) mass is 295 g/mol. The van der Waals surface area contributed by atoms with Crippen molar-refractivity contribution in [3.8, 4) is 11.3 Å². The molecular formula is C17H17N3O2. The van der Waals surface area contributed by atoms with Gasteiger partial charge in [0.05, 0.1) is 30.5 Å². The number of aliphatic hydroxyl groups excluding tert-OH is 1. The highest BCUT2D eigenvalue weighted by molar-refractivity contribution is 5.69. The summed E-state index contributed by atoms with van der Waals surface area (Å²) >= 11 is 0. The molecule has 1 N–H and O–H groups in total. The normalized spacial score (nSPS) is 18.0. The Hall–Kier alpha value is -2.40. The predicted octanol–water partition coefficient (Wildman–Crippen LogP) is 3.20. The maximum atomic E-state index is 10.8. The minimum Gasteiger partial charge on any atom is -0.446 e. The summed E-state index contributed by atoms with van der Waals surface area (Å²) < 4.78 is 7.43. The van der Waals surface area contributed by atoms with Crippen molar-refractivity contribution in [2.45, 2.75) is 26.0 Å². The number of hydrogen-bond donors (Lipinski definition) is 1. The van der Waals surface area contributed by atoms with Crippen LogP contribution < -0.4 is 0 Å². The molecule has 2 atom stereocenters. The lowest BCUT2D eigenvalue weighted by atomic mass is 9.76. The van der Waals surface area contributed by atoms with E-state index in [1.807, 2.05) is 38.5 Å². The van der Waals surface area contributed by atoms with E-state index in [0.717, 1.165) is 11.3 Å². The van der Waals surface area contributed by atoms with Gasteiger partial charge in [-0.25, -0.2) is 9.97 Å². The van der Waals surface area contributed by atoms with Crippen molar-refractivity contribution in [2.24, 2.45) is 5.41 Å². The maximum absolute atomic E-state index is 10.8. The lowest BCUT2D eigenvalue weighted by Gasteiger charge is -2.36. The Morgan fingerprint density at radius 2 is 2.14 bits per heavy atom. The van der Waals surface area contributed by atoms with Gasteiger partial charge in [-0.15, -0.1) is 0 Å². The largest absolute Gasteiger partial charge is 0.446 e. The summed E-state index contributed by atoms with van der Waals surface area (Å²) in [6.45, 7) is 4.05. The standard InChI is InChI=1S/C17H17N3O2/c1-17(2,15(21)16-19-7-8-22-16)14-12-6-4-3-5-11(12)13-9-18-10-20(13)14/h3-10,14-15,21H,1-2H3/t14-,15-/m1/s1. The summed E-state index contributed by atoms with van der Waals surface area (Å²) in [4.78, 5) is 8.38. The number of nitrogens with zero attached hydrogens (tertiary/aromatic N) is 3. The SMILES string of the molecule is CC(C)([C@H](O)c1ncco1)[C@H]1c2ccccc2-c2cncn21. The molecule has 0 unspecified atom stereocenters. The molecule has 3 heterocycles. The number of hydrogen-bond acceptors (Lipinski definition) is 4. The van der Waals surface area contributed by atoms with Crippen LogP contribution in [0, 0.1) is 5.41 Å². The van der Waals surface area contributed by atoms with E-state index < -0.39 is 11.5 Å². The number of imidazole rings is 1. The van der Waals surface area contributed by atoms with Gasteiger partial charge in [-0.1, -0.05) is 38.1 Å². The third kappa shape index (κ3) is 1.69.